The molecule has 1 aliphatic carbocycles. The Morgan fingerprint density at radius 3 is 3.10 bits per heavy atom. The van der Waals surface area contributed by atoms with Crippen molar-refractivity contribution in [1.82, 2.24) is 10.2 Å². The van der Waals surface area contributed by atoms with Crippen LogP contribution >= 0.6 is 0 Å². The SMILES string of the molecule is NC(=O)C1CNCCN1CC1CCCc2ccccc21. The molecule has 0 bridgehead atoms. The van der Waals surface area contributed by atoms with Gasteiger partial charge in [-0.2, -0.15) is 0 Å². The molecule has 3 N–H and O–H groups in total. The molecule has 1 saturated heterocycles. The number of primary amides is 1. The van der Waals surface area contributed by atoms with E-state index in [1.54, 1.807) is 0 Å². The summed E-state index contributed by atoms with van der Waals surface area (Å²) in [4.78, 5) is 13.9. The predicted octanol–water partition coefficient (Wildman–Crippen LogP) is 0.866. The maximum Gasteiger partial charge on any atom is 0.236 e. The van der Waals surface area contributed by atoms with Gasteiger partial charge in [-0.05, 0) is 36.3 Å². The number of nitrogens with zero attached hydrogens (tertiary/aromatic N) is 1. The van der Waals surface area contributed by atoms with E-state index in [1.807, 2.05) is 0 Å². The van der Waals surface area contributed by atoms with E-state index in [2.05, 4.69) is 34.5 Å². The zero-order valence-corrected chi connectivity index (χ0v) is 11.8. The molecule has 4 heteroatoms. The van der Waals surface area contributed by atoms with Crippen LogP contribution in [0.5, 0.6) is 0 Å². The lowest BCUT2D eigenvalue weighted by Crippen LogP contribution is -2.57. The molecule has 2 aliphatic rings. The van der Waals surface area contributed by atoms with Gasteiger partial charge in [0, 0.05) is 26.2 Å². The van der Waals surface area contributed by atoms with Crippen molar-refractivity contribution in [2.24, 2.45) is 5.73 Å². The van der Waals surface area contributed by atoms with Crippen molar-refractivity contribution in [1.29, 1.82) is 0 Å². The molecule has 1 heterocycles. The first-order valence-electron chi connectivity index (χ1n) is 7.57. The van der Waals surface area contributed by atoms with Crippen LogP contribution in [0.25, 0.3) is 0 Å². The van der Waals surface area contributed by atoms with Crippen molar-refractivity contribution < 1.29 is 4.79 Å². The first-order chi connectivity index (χ1) is 9.75. The zero-order chi connectivity index (χ0) is 13.9. The van der Waals surface area contributed by atoms with E-state index in [4.69, 9.17) is 5.73 Å². The number of nitrogens with one attached hydrogen (secondary N) is 1. The van der Waals surface area contributed by atoms with E-state index in [0.29, 0.717) is 12.5 Å². The highest BCUT2D eigenvalue weighted by molar-refractivity contribution is 5.80. The summed E-state index contributed by atoms with van der Waals surface area (Å²) in [6.07, 6.45) is 3.65. The van der Waals surface area contributed by atoms with Crippen LogP contribution in [0.4, 0.5) is 0 Å². The Hall–Kier alpha value is -1.39. The number of nitrogens with two attached hydrogens (primary N) is 1. The number of benzene rings is 1. The molecule has 1 aliphatic heterocycles. The minimum Gasteiger partial charge on any atom is -0.368 e. The number of aryl methyl sites for hydroxylation is 1. The molecular weight excluding hydrogens is 250 g/mol. The van der Waals surface area contributed by atoms with Crippen LogP contribution in [-0.2, 0) is 11.2 Å². The molecule has 0 saturated carbocycles. The number of hydrogen-bond donors (Lipinski definition) is 2. The minimum absolute atomic E-state index is 0.155. The Kier molecular flexibility index (Phi) is 4.03. The molecule has 1 amide bonds. The highest BCUT2D eigenvalue weighted by Crippen LogP contribution is 2.32. The van der Waals surface area contributed by atoms with Gasteiger partial charge in [-0.3, -0.25) is 9.69 Å². The number of piperazine rings is 1. The van der Waals surface area contributed by atoms with Crippen molar-refractivity contribution in [3.63, 3.8) is 0 Å². The molecule has 108 valence electrons. The summed E-state index contributed by atoms with van der Waals surface area (Å²) in [5, 5.41) is 3.26. The molecule has 0 aromatic heterocycles. The fourth-order valence-corrected chi connectivity index (χ4v) is 3.57. The maximum atomic E-state index is 11.6. The number of amides is 1. The third kappa shape index (κ3) is 2.72. The van der Waals surface area contributed by atoms with Crippen molar-refractivity contribution in [2.45, 2.75) is 31.2 Å². The third-order valence-corrected chi connectivity index (χ3v) is 4.63. The average Bonchev–Trinajstić information content (AvgIpc) is 2.48. The van der Waals surface area contributed by atoms with E-state index in [-0.39, 0.29) is 11.9 Å². The standard InChI is InChI=1S/C16H23N3O/c17-16(20)15-10-18-8-9-19(15)11-13-6-3-5-12-4-1-2-7-14(12)13/h1-2,4,7,13,15,18H,3,5-6,8-11H2,(H2,17,20). The average molecular weight is 273 g/mol. The molecule has 2 unspecified atom stereocenters. The summed E-state index contributed by atoms with van der Waals surface area (Å²) < 4.78 is 0. The number of carbonyl (C=O) groups is 1. The van der Waals surface area contributed by atoms with Crippen LogP contribution in [-0.4, -0.2) is 43.0 Å². The van der Waals surface area contributed by atoms with Gasteiger partial charge in [0.15, 0.2) is 0 Å². The minimum atomic E-state index is -0.207. The van der Waals surface area contributed by atoms with E-state index in [1.165, 1.54) is 30.4 Å². The fraction of sp³-hybridized carbons (Fsp3) is 0.562. The summed E-state index contributed by atoms with van der Waals surface area (Å²) in [6.45, 7) is 3.49. The molecule has 0 radical (unpaired) electrons. The molecule has 2 atom stereocenters. The van der Waals surface area contributed by atoms with Gasteiger partial charge in [-0.1, -0.05) is 24.3 Å². The van der Waals surface area contributed by atoms with E-state index in [0.717, 1.165) is 19.6 Å². The van der Waals surface area contributed by atoms with E-state index >= 15 is 0 Å². The molecule has 1 fully saturated rings. The summed E-state index contributed by atoms with van der Waals surface area (Å²) in [6, 6.07) is 8.59. The van der Waals surface area contributed by atoms with Gasteiger partial charge in [0.2, 0.25) is 5.91 Å². The summed E-state index contributed by atoms with van der Waals surface area (Å²) in [5.41, 5.74) is 8.49. The molecule has 1 aromatic carbocycles. The van der Waals surface area contributed by atoms with Crippen molar-refractivity contribution in [3.05, 3.63) is 35.4 Å². The lowest BCUT2D eigenvalue weighted by Gasteiger charge is -2.38. The Morgan fingerprint density at radius 1 is 1.40 bits per heavy atom. The van der Waals surface area contributed by atoms with E-state index < -0.39 is 0 Å². The van der Waals surface area contributed by atoms with Crippen LogP contribution in [0, 0.1) is 0 Å². The predicted molar refractivity (Wildman–Crippen MR) is 79.5 cm³/mol. The summed E-state index contributed by atoms with van der Waals surface area (Å²) in [7, 11) is 0. The Balaban J connectivity index is 1.76. The number of carbonyl (C=O) groups excluding carboxylic acids is 1. The zero-order valence-electron chi connectivity index (χ0n) is 11.8. The summed E-state index contributed by atoms with van der Waals surface area (Å²) >= 11 is 0. The lowest BCUT2D eigenvalue weighted by atomic mass is 9.82. The van der Waals surface area contributed by atoms with Gasteiger partial charge in [0.25, 0.3) is 0 Å². The smallest absolute Gasteiger partial charge is 0.236 e. The number of fused-ring (bicyclic) bond motifs is 1. The van der Waals surface area contributed by atoms with Gasteiger partial charge in [-0.25, -0.2) is 0 Å². The summed E-state index contributed by atoms with van der Waals surface area (Å²) in [5.74, 6) is 0.334. The number of rotatable bonds is 3. The quantitative estimate of drug-likeness (QED) is 0.859. The second kappa shape index (κ2) is 5.94. The van der Waals surface area contributed by atoms with Gasteiger partial charge in [0.05, 0.1) is 0 Å². The van der Waals surface area contributed by atoms with Crippen LogP contribution in [0.3, 0.4) is 0 Å². The van der Waals surface area contributed by atoms with E-state index in [9.17, 15) is 4.79 Å². The molecule has 20 heavy (non-hydrogen) atoms. The van der Waals surface area contributed by atoms with Crippen molar-refractivity contribution in [3.8, 4) is 0 Å². The molecular formula is C16H23N3O. The molecule has 0 spiro atoms. The fourth-order valence-electron chi connectivity index (χ4n) is 3.57. The normalized spacial score (nSPS) is 27.0. The molecule has 3 rings (SSSR count). The highest BCUT2D eigenvalue weighted by Gasteiger charge is 2.30. The Morgan fingerprint density at radius 2 is 2.25 bits per heavy atom. The van der Waals surface area contributed by atoms with Crippen molar-refractivity contribution in [2.75, 3.05) is 26.2 Å². The van der Waals surface area contributed by atoms with Crippen LogP contribution < -0.4 is 11.1 Å². The monoisotopic (exact) mass is 273 g/mol. The first-order valence-corrected chi connectivity index (χ1v) is 7.57. The third-order valence-electron chi connectivity index (χ3n) is 4.63. The van der Waals surface area contributed by atoms with Crippen LogP contribution in [0.2, 0.25) is 0 Å². The van der Waals surface area contributed by atoms with Gasteiger partial charge < -0.3 is 11.1 Å². The van der Waals surface area contributed by atoms with Crippen LogP contribution in [0.1, 0.15) is 29.9 Å². The van der Waals surface area contributed by atoms with Gasteiger partial charge >= 0.3 is 0 Å². The molecule has 1 aromatic rings. The van der Waals surface area contributed by atoms with Crippen LogP contribution in [0.15, 0.2) is 24.3 Å². The van der Waals surface area contributed by atoms with Gasteiger partial charge in [-0.15, -0.1) is 0 Å². The second-order valence-electron chi connectivity index (χ2n) is 5.91. The largest absolute Gasteiger partial charge is 0.368 e. The first kappa shape index (κ1) is 13.6. The highest BCUT2D eigenvalue weighted by atomic mass is 16.1. The topological polar surface area (TPSA) is 58.4 Å². The molecule has 4 nitrogen and oxygen atoms in total. The Labute approximate surface area is 120 Å². The second-order valence-corrected chi connectivity index (χ2v) is 5.91. The van der Waals surface area contributed by atoms with Crippen molar-refractivity contribution >= 4 is 5.91 Å². The van der Waals surface area contributed by atoms with Gasteiger partial charge in [0.1, 0.15) is 6.04 Å². The Bertz CT molecular complexity index is 488. The number of hydrogen-bond acceptors (Lipinski definition) is 3. The maximum absolute atomic E-state index is 11.6. The lowest BCUT2D eigenvalue weighted by molar-refractivity contribution is -0.123.